The fraction of sp³-hybridized carbons (Fsp3) is 0.211. The smallest absolute Gasteiger partial charge is 0.267 e. The highest BCUT2D eigenvalue weighted by molar-refractivity contribution is 8.13. The first-order valence-electron chi connectivity index (χ1n) is 8.31. The molecule has 0 fully saturated rings. The summed E-state index contributed by atoms with van der Waals surface area (Å²) in [6.45, 7) is 0.144. The van der Waals surface area contributed by atoms with Gasteiger partial charge in [-0.25, -0.2) is 4.99 Å². The average Bonchev–Trinajstić information content (AvgIpc) is 3.08. The second-order valence-corrected chi connectivity index (χ2v) is 7.78. The summed E-state index contributed by atoms with van der Waals surface area (Å²) in [4.78, 5) is 22.7. The molecule has 0 radical (unpaired) electrons. The van der Waals surface area contributed by atoms with Crippen molar-refractivity contribution in [3.05, 3.63) is 51.5 Å². The SMILES string of the molecule is COc1cc2c(cc1OC)C1=NC(=O)CN1C(SCc1c(Cl)cccc1Cl)=N2. The summed E-state index contributed by atoms with van der Waals surface area (Å²) >= 11 is 14.0. The lowest BCUT2D eigenvalue weighted by molar-refractivity contribution is -0.116. The molecule has 1 amide bonds. The predicted octanol–water partition coefficient (Wildman–Crippen LogP) is 4.53. The minimum Gasteiger partial charge on any atom is -0.493 e. The normalized spacial score (nSPS) is 15.0. The lowest BCUT2D eigenvalue weighted by Gasteiger charge is -2.27. The van der Waals surface area contributed by atoms with Crippen molar-refractivity contribution in [1.29, 1.82) is 0 Å². The Labute approximate surface area is 176 Å². The first kappa shape index (κ1) is 19.1. The number of nitrogens with zero attached hydrogens (tertiary/aromatic N) is 3. The van der Waals surface area contributed by atoms with Gasteiger partial charge in [0.1, 0.15) is 12.4 Å². The zero-order valence-corrected chi connectivity index (χ0v) is 17.4. The number of benzene rings is 2. The number of halogens is 2. The number of aliphatic imine (C=N–C) groups is 2. The quantitative estimate of drug-likeness (QED) is 0.705. The molecule has 2 aromatic carbocycles. The van der Waals surface area contributed by atoms with E-state index < -0.39 is 0 Å². The minimum atomic E-state index is -0.221. The van der Waals surface area contributed by atoms with Gasteiger partial charge in [0.2, 0.25) is 0 Å². The van der Waals surface area contributed by atoms with Crippen LogP contribution in [-0.4, -0.2) is 42.6 Å². The Morgan fingerprint density at radius 3 is 2.46 bits per heavy atom. The van der Waals surface area contributed by atoms with E-state index in [0.29, 0.717) is 44.0 Å². The van der Waals surface area contributed by atoms with Crippen LogP contribution in [0.3, 0.4) is 0 Å². The van der Waals surface area contributed by atoms with Gasteiger partial charge in [-0.05, 0) is 23.8 Å². The summed E-state index contributed by atoms with van der Waals surface area (Å²) in [5.41, 5.74) is 2.21. The van der Waals surface area contributed by atoms with Crippen LogP contribution in [0.4, 0.5) is 5.69 Å². The Hall–Kier alpha value is -2.22. The van der Waals surface area contributed by atoms with Crippen LogP contribution < -0.4 is 9.47 Å². The van der Waals surface area contributed by atoms with E-state index in [9.17, 15) is 4.79 Å². The number of hydrogen-bond donors (Lipinski definition) is 0. The predicted molar refractivity (Wildman–Crippen MR) is 113 cm³/mol. The van der Waals surface area contributed by atoms with Crippen molar-refractivity contribution in [2.75, 3.05) is 20.8 Å². The van der Waals surface area contributed by atoms with Crippen LogP contribution in [0.2, 0.25) is 10.0 Å². The number of hydrogen-bond acceptors (Lipinski definition) is 6. The first-order chi connectivity index (χ1) is 13.5. The van der Waals surface area contributed by atoms with Gasteiger partial charge in [-0.2, -0.15) is 4.99 Å². The second kappa shape index (κ2) is 7.66. The molecule has 0 aromatic heterocycles. The molecule has 0 bridgehead atoms. The molecule has 0 N–H and O–H groups in total. The average molecular weight is 436 g/mol. The molecular formula is C19H15Cl2N3O3S. The van der Waals surface area contributed by atoms with Crippen LogP contribution >= 0.6 is 35.0 Å². The van der Waals surface area contributed by atoms with Crippen LogP contribution in [0.15, 0.2) is 40.3 Å². The van der Waals surface area contributed by atoms with E-state index in [1.54, 1.807) is 49.5 Å². The van der Waals surface area contributed by atoms with Crippen LogP contribution in [0.25, 0.3) is 0 Å². The van der Waals surface area contributed by atoms with Crippen molar-refractivity contribution in [3.63, 3.8) is 0 Å². The Kier molecular flexibility index (Phi) is 5.23. The maximum Gasteiger partial charge on any atom is 0.267 e. The molecule has 6 nitrogen and oxygen atoms in total. The Balaban J connectivity index is 1.73. The Bertz CT molecular complexity index is 1020. The van der Waals surface area contributed by atoms with Gasteiger partial charge < -0.3 is 9.47 Å². The van der Waals surface area contributed by atoms with Gasteiger partial charge >= 0.3 is 0 Å². The number of amides is 1. The second-order valence-electron chi connectivity index (χ2n) is 6.02. The molecule has 0 aliphatic carbocycles. The van der Waals surface area contributed by atoms with E-state index in [1.807, 2.05) is 0 Å². The molecule has 4 rings (SSSR count). The summed E-state index contributed by atoms with van der Waals surface area (Å²) in [5, 5.41) is 1.84. The van der Waals surface area contributed by atoms with Crippen LogP contribution in [0, 0.1) is 0 Å². The molecule has 2 aliphatic rings. The van der Waals surface area contributed by atoms with Gasteiger partial charge in [-0.15, -0.1) is 0 Å². The van der Waals surface area contributed by atoms with E-state index in [4.69, 9.17) is 37.7 Å². The third-order valence-corrected chi connectivity index (χ3v) is 6.09. The standard InChI is InChI=1S/C19H15Cl2N3O3S/c1-26-15-6-10-14(7-16(15)27-2)22-19(24-8-17(25)23-18(10)24)28-9-11-12(20)4-3-5-13(11)21/h3-7H,8-9H2,1-2H3. The minimum absolute atomic E-state index is 0.144. The number of rotatable bonds is 4. The van der Waals surface area contributed by atoms with Gasteiger partial charge in [0.05, 0.1) is 19.9 Å². The Morgan fingerprint density at radius 2 is 1.79 bits per heavy atom. The molecule has 0 saturated heterocycles. The third kappa shape index (κ3) is 3.34. The molecule has 0 saturated carbocycles. The van der Waals surface area contributed by atoms with E-state index >= 15 is 0 Å². The molecule has 0 atom stereocenters. The molecule has 144 valence electrons. The number of amidine groups is 2. The Morgan fingerprint density at radius 1 is 1.11 bits per heavy atom. The molecule has 0 spiro atoms. The summed E-state index contributed by atoms with van der Waals surface area (Å²) < 4.78 is 10.7. The molecular weight excluding hydrogens is 421 g/mol. The van der Waals surface area contributed by atoms with E-state index in [2.05, 4.69) is 4.99 Å². The summed E-state index contributed by atoms with van der Waals surface area (Å²) in [6, 6.07) is 8.96. The topological polar surface area (TPSA) is 63.5 Å². The van der Waals surface area contributed by atoms with Crippen molar-refractivity contribution < 1.29 is 14.3 Å². The maximum atomic E-state index is 12.0. The molecule has 2 heterocycles. The van der Waals surface area contributed by atoms with Gasteiger partial charge in [-0.1, -0.05) is 41.0 Å². The third-order valence-electron chi connectivity index (χ3n) is 4.38. The highest BCUT2D eigenvalue weighted by Crippen LogP contribution is 2.40. The fourth-order valence-corrected chi connectivity index (χ4v) is 4.75. The van der Waals surface area contributed by atoms with Gasteiger partial charge in [0, 0.05) is 27.4 Å². The van der Waals surface area contributed by atoms with E-state index in [1.165, 1.54) is 11.8 Å². The van der Waals surface area contributed by atoms with E-state index in [-0.39, 0.29) is 12.5 Å². The van der Waals surface area contributed by atoms with Crippen LogP contribution in [-0.2, 0) is 10.5 Å². The highest BCUT2D eigenvalue weighted by atomic mass is 35.5. The monoisotopic (exact) mass is 435 g/mol. The number of carbonyl (C=O) groups excluding carboxylic acids is 1. The number of ether oxygens (including phenoxy) is 2. The lowest BCUT2D eigenvalue weighted by atomic mass is 10.1. The van der Waals surface area contributed by atoms with Crippen molar-refractivity contribution in [3.8, 4) is 11.5 Å². The van der Waals surface area contributed by atoms with Crippen molar-refractivity contribution >= 4 is 57.6 Å². The van der Waals surface area contributed by atoms with Crippen molar-refractivity contribution in [1.82, 2.24) is 4.90 Å². The van der Waals surface area contributed by atoms with Crippen molar-refractivity contribution in [2.24, 2.45) is 9.98 Å². The van der Waals surface area contributed by atoms with Crippen LogP contribution in [0.5, 0.6) is 11.5 Å². The largest absolute Gasteiger partial charge is 0.493 e. The zero-order valence-electron chi connectivity index (χ0n) is 15.0. The maximum absolute atomic E-state index is 12.0. The number of thioether (sulfide) groups is 1. The zero-order chi connectivity index (χ0) is 19.8. The molecule has 28 heavy (non-hydrogen) atoms. The molecule has 2 aromatic rings. The highest BCUT2D eigenvalue weighted by Gasteiger charge is 2.34. The summed E-state index contributed by atoms with van der Waals surface area (Å²) in [7, 11) is 3.12. The van der Waals surface area contributed by atoms with E-state index in [0.717, 1.165) is 11.1 Å². The van der Waals surface area contributed by atoms with Crippen LogP contribution in [0.1, 0.15) is 11.1 Å². The summed E-state index contributed by atoms with van der Waals surface area (Å²) in [5.74, 6) is 1.96. The number of methoxy groups -OCH3 is 2. The lowest BCUT2D eigenvalue weighted by Crippen LogP contribution is -2.36. The molecule has 0 unspecified atom stereocenters. The number of fused-ring (bicyclic) bond motifs is 3. The molecule has 2 aliphatic heterocycles. The molecule has 9 heteroatoms. The summed E-state index contributed by atoms with van der Waals surface area (Å²) in [6.07, 6.45) is 0. The number of carbonyl (C=O) groups is 1. The first-order valence-corrected chi connectivity index (χ1v) is 10.1. The van der Waals surface area contributed by atoms with Crippen molar-refractivity contribution in [2.45, 2.75) is 5.75 Å². The fourth-order valence-electron chi connectivity index (χ4n) is 3.01. The van der Waals surface area contributed by atoms with Gasteiger partial charge in [-0.3, -0.25) is 9.69 Å². The van der Waals surface area contributed by atoms with Gasteiger partial charge in [0.25, 0.3) is 5.91 Å². The van der Waals surface area contributed by atoms with Gasteiger partial charge in [0.15, 0.2) is 16.7 Å².